The van der Waals surface area contributed by atoms with Crippen LogP contribution in [0.15, 0.2) is 12.2 Å². The van der Waals surface area contributed by atoms with Crippen LogP contribution in [0.2, 0.25) is 0 Å². The van der Waals surface area contributed by atoms with Crippen LogP contribution < -0.4 is 5.73 Å². The van der Waals surface area contributed by atoms with E-state index in [-0.39, 0.29) is 0 Å². The van der Waals surface area contributed by atoms with Gasteiger partial charge in [0.1, 0.15) is 0 Å². The Morgan fingerprint density at radius 3 is 2.86 bits per heavy atom. The Kier molecular flexibility index (Phi) is 4.63. The number of rotatable bonds is 4. The van der Waals surface area contributed by atoms with E-state index in [4.69, 9.17) is 5.73 Å². The first-order valence-corrected chi connectivity index (χ1v) is 5.72. The highest BCUT2D eigenvalue weighted by atomic mass is 15.2. The minimum atomic E-state index is 0.609. The molecule has 1 fully saturated rings. The first-order valence-electron chi connectivity index (χ1n) is 5.72. The summed E-state index contributed by atoms with van der Waals surface area (Å²) in [5.74, 6) is 0.852. The zero-order valence-corrected chi connectivity index (χ0v) is 9.63. The van der Waals surface area contributed by atoms with E-state index in [0.717, 1.165) is 25.4 Å². The average Bonchev–Trinajstić information content (AvgIpc) is 2.15. The van der Waals surface area contributed by atoms with Crippen molar-refractivity contribution in [3.05, 3.63) is 12.2 Å². The lowest BCUT2D eigenvalue weighted by Gasteiger charge is -2.38. The second-order valence-corrected chi connectivity index (χ2v) is 4.76. The SMILES string of the molecule is C=C(C)CCN1CCC(C)CC1CN. The molecule has 2 nitrogen and oxygen atoms in total. The molecule has 0 aromatic carbocycles. The molecule has 14 heavy (non-hydrogen) atoms. The van der Waals surface area contributed by atoms with Gasteiger partial charge in [0, 0.05) is 19.1 Å². The van der Waals surface area contributed by atoms with Crippen molar-refractivity contribution in [2.75, 3.05) is 19.6 Å². The van der Waals surface area contributed by atoms with Gasteiger partial charge in [0.05, 0.1) is 0 Å². The predicted octanol–water partition coefficient (Wildman–Crippen LogP) is 2.01. The predicted molar refractivity (Wildman–Crippen MR) is 62.2 cm³/mol. The molecule has 0 aromatic heterocycles. The fourth-order valence-corrected chi connectivity index (χ4v) is 2.17. The molecular weight excluding hydrogens is 172 g/mol. The Morgan fingerprint density at radius 2 is 2.29 bits per heavy atom. The third-order valence-corrected chi connectivity index (χ3v) is 3.20. The van der Waals surface area contributed by atoms with Gasteiger partial charge in [-0.2, -0.15) is 0 Å². The summed E-state index contributed by atoms with van der Waals surface area (Å²) in [6.07, 6.45) is 3.71. The Labute approximate surface area is 88.2 Å². The molecule has 1 aliphatic heterocycles. The highest BCUT2D eigenvalue weighted by Gasteiger charge is 2.24. The summed E-state index contributed by atoms with van der Waals surface area (Å²) in [6, 6.07) is 0.609. The summed E-state index contributed by atoms with van der Waals surface area (Å²) in [5.41, 5.74) is 7.08. The van der Waals surface area contributed by atoms with E-state index in [1.807, 2.05) is 0 Å². The van der Waals surface area contributed by atoms with Crippen molar-refractivity contribution in [3.8, 4) is 0 Å². The Balaban J connectivity index is 2.38. The van der Waals surface area contributed by atoms with Crippen molar-refractivity contribution in [1.82, 2.24) is 4.90 Å². The number of nitrogens with two attached hydrogens (primary N) is 1. The van der Waals surface area contributed by atoms with Crippen molar-refractivity contribution < 1.29 is 0 Å². The van der Waals surface area contributed by atoms with Gasteiger partial charge in [-0.15, -0.1) is 6.58 Å². The zero-order chi connectivity index (χ0) is 10.6. The third-order valence-electron chi connectivity index (χ3n) is 3.20. The zero-order valence-electron chi connectivity index (χ0n) is 9.63. The van der Waals surface area contributed by atoms with Gasteiger partial charge in [0.15, 0.2) is 0 Å². The molecule has 0 spiro atoms. The van der Waals surface area contributed by atoms with Crippen LogP contribution in [0.1, 0.15) is 33.1 Å². The molecule has 1 heterocycles. The molecule has 0 aromatic rings. The van der Waals surface area contributed by atoms with E-state index in [9.17, 15) is 0 Å². The molecule has 1 aliphatic rings. The molecule has 0 radical (unpaired) electrons. The second-order valence-electron chi connectivity index (χ2n) is 4.76. The van der Waals surface area contributed by atoms with Crippen molar-refractivity contribution in [2.24, 2.45) is 11.7 Å². The van der Waals surface area contributed by atoms with Crippen LogP contribution in [0, 0.1) is 5.92 Å². The summed E-state index contributed by atoms with van der Waals surface area (Å²) < 4.78 is 0. The number of likely N-dealkylation sites (tertiary alicyclic amines) is 1. The van der Waals surface area contributed by atoms with E-state index >= 15 is 0 Å². The van der Waals surface area contributed by atoms with E-state index in [1.54, 1.807) is 0 Å². The van der Waals surface area contributed by atoms with Gasteiger partial charge in [0.25, 0.3) is 0 Å². The second kappa shape index (κ2) is 5.52. The van der Waals surface area contributed by atoms with Crippen molar-refractivity contribution in [2.45, 2.75) is 39.2 Å². The highest BCUT2D eigenvalue weighted by Crippen LogP contribution is 2.22. The van der Waals surface area contributed by atoms with Crippen LogP contribution in [-0.2, 0) is 0 Å². The fourth-order valence-electron chi connectivity index (χ4n) is 2.17. The van der Waals surface area contributed by atoms with Gasteiger partial charge >= 0.3 is 0 Å². The third kappa shape index (κ3) is 3.43. The molecule has 2 unspecified atom stereocenters. The molecular formula is C12H24N2. The monoisotopic (exact) mass is 196 g/mol. The maximum atomic E-state index is 5.80. The maximum Gasteiger partial charge on any atom is 0.0221 e. The van der Waals surface area contributed by atoms with Gasteiger partial charge in [-0.05, 0) is 38.6 Å². The molecule has 2 atom stereocenters. The minimum absolute atomic E-state index is 0.609. The Morgan fingerprint density at radius 1 is 1.57 bits per heavy atom. The molecule has 0 aliphatic carbocycles. The number of hydrogen-bond acceptors (Lipinski definition) is 2. The molecule has 0 amide bonds. The molecule has 2 N–H and O–H groups in total. The summed E-state index contributed by atoms with van der Waals surface area (Å²) >= 11 is 0. The van der Waals surface area contributed by atoms with Gasteiger partial charge in [-0.25, -0.2) is 0 Å². The molecule has 0 saturated carbocycles. The van der Waals surface area contributed by atoms with Crippen molar-refractivity contribution in [3.63, 3.8) is 0 Å². The Hall–Kier alpha value is -0.340. The van der Waals surface area contributed by atoms with E-state index in [0.29, 0.717) is 6.04 Å². The van der Waals surface area contributed by atoms with Gasteiger partial charge < -0.3 is 5.73 Å². The summed E-state index contributed by atoms with van der Waals surface area (Å²) in [7, 11) is 0. The van der Waals surface area contributed by atoms with Crippen molar-refractivity contribution in [1.29, 1.82) is 0 Å². The molecule has 82 valence electrons. The largest absolute Gasteiger partial charge is 0.329 e. The van der Waals surface area contributed by atoms with E-state index in [1.165, 1.54) is 25.0 Å². The topological polar surface area (TPSA) is 29.3 Å². The highest BCUT2D eigenvalue weighted by molar-refractivity contribution is 4.90. The van der Waals surface area contributed by atoms with Crippen LogP contribution in [0.25, 0.3) is 0 Å². The van der Waals surface area contributed by atoms with E-state index in [2.05, 4.69) is 25.3 Å². The molecule has 1 rings (SSSR count). The van der Waals surface area contributed by atoms with Crippen LogP contribution in [0.5, 0.6) is 0 Å². The van der Waals surface area contributed by atoms with Crippen LogP contribution in [0.4, 0.5) is 0 Å². The van der Waals surface area contributed by atoms with Gasteiger partial charge in [0.2, 0.25) is 0 Å². The maximum absolute atomic E-state index is 5.80. The summed E-state index contributed by atoms with van der Waals surface area (Å²) in [4.78, 5) is 2.54. The van der Waals surface area contributed by atoms with Crippen LogP contribution in [-0.4, -0.2) is 30.6 Å². The fraction of sp³-hybridized carbons (Fsp3) is 0.833. The summed E-state index contributed by atoms with van der Waals surface area (Å²) in [6.45, 7) is 11.5. The summed E-state index contributed by atoms with van der Waals surface area (Å²) in [5, 5.41) is 0. The smallest absolute Gasteiger partial charge is 0.0221 e. The lowest BCUT2D eigenvalue weighted by Crippen LogP contribution is -2.46. The number of piperidine rings is 1. The molecule has 2 heteroatoms. The number of nitrogens with zero attached hydrogens (tertiary/aromatic N) is 1. The lowest BCUT2D eigenvalue weighted by molar-refractivity contribution is 0.124. The molecule has 0 bridgehead atoms. The number of hydrogen-bond donors (Lipinski definition) is 1. The van der Waals surface area contributed by atoms with Gasteiger partial charge in [-0.3, -0.25) is 4.90 Å². The minimum Gasteiger partial charge on any atom is -0.329 e. The van der Waals surface area contributed by atoms with Gasteiger partial charge in [-0.1, -0.05) is 12.5 Å². The lowest BCUT2D eigenvalue weighted by atomic mass is 9.92. The van der Waals surface area contributed by atoms with Crippen LogP contribution in [0.3, 0.4) is 0 Å². The normalized spacial score (nSPS) is 29.1. The van der Waals surface area contributed by atoms with E-state index < -0.39 is 0 Å². The first-order chi connectivity index (χ1) is 6.63. The van der Waals surface area contributed by atoms with Crippen molar-refractivity contribution >= 4 is 0 Å². The average molecular weight is 196 g/mol. The quantitative estimate of drug-likeness (QED) is 0.697. The first kappa shape index (κ1) is 11.7. The van der Waals surface area contributed by atoms with Crippen LogP contribution >= 0.6 is 0 Å². The standard InChI is InChI=1S/C12H24N2/c1-10(2)4-6-14-7-5-11(3)8-12(14)9-13/h11-12H,1,4-9,13H2,2-3H3. The molecule has 1 saturated heterocycles. The Bertz CT molecular complexity index is 189.